The number of ether oxygens (including phenoxy) is 2. The van der Waals surface area contributed by atoms with Crippen molar-refractivity contribution in [3.63, 3.8) is 0 Å². The molecule has 0 spiro atoms. The third-order valence-corrected chi connectivity index (χ3v) is 7.08. The number of benzene rings is 2. The Balaban J connectivity index is 1.31. The minimum absolute atomic E-state index is 0.0216. The number of aromatic nitrogens is 2. The van der Waals surface area contributed by atoms with Crippen LogP contribution in [0.3, 0.4) is 0 Å². The number of likely N-dealkylation sites (tertiary alicyclic amines) is 2. The maximum Gasteiger partial charge on any atom is 0.168 e. The van der Waals surface area contributed by atoms with Crippen LogP contribution in [0.4, 0.5) is 20.3 Å². The van der Waals surface area contributed by atoms with E-state index in [4.69, 9.17) is 21.1 Å². The van der Waals surface area contributed by atoms with Gasteiger partial charge in [0, 0.05) is 29.8 Å². The molecule has 11 heteroatoms. The van der Waals surface area contributed by atoms with E-state index in [0.29, 0.717) is 47.9 Å². The lowest BCUT2D eigenvalue weighted by Crippen LogP contribution is -2.51. The Hall–Kier alpha value is -3.50. The zero-order valence-electron chi connectivity index (χ0n) is 20.9. The first-order chi connectivity index (χ1) is 18.4. The maximum atomic E-state index is 14.5. The fraction of sp³-hybridized carbons (Fsp3) is 0.370. The van der Waals surface area contributed by atoms with Crippen molar-refractivity contribution >= 4 is 40.3 Å². The molecule has 0 aliphatic carbocycles. The maximum absolute atomic E-state index is 14.5. The standard InChI is InChI=1S/C27H28ClF2N5O3/c1-37-23-10-22-19(27(32-16-31-22)33-21-6-5-20(29)25(28)26(21)30)9-24(23)38-18-13-35(14-18)12-17(15-36)11-34-7-3-2-4-8-34/h5-6,9-10,12,15-16,18H,2-4,7-8,11,13-14H2,1H3,(H,31,32,33). The molecule has 0 radical (unpaired) electrons. The molecule has 1 N–H and O–H groups in total. The first-order valence-corrected chi connectivity index (χ1v) is 12.8. The van der Waals surface area contributed by atoms with E-state index in [1.165, 1.54) is 38.8 Å². The van der Waals surface area contributed by atoms with Gasteiger partial charge in [-0.15, -0.1) is 0 Å². The molecule has 200 valence electrons. The SMILES string of the molecule is COc1cc2ncnc(Nc3ccc(F)c(Cl)c3F)c2cc1OC1CN(C=C(C=O)CN2CCCCC2)C1. The Morgan fingerprint density at radius 3 is 2.68 bits per heavy atom. The number of aldehydes is 1. The number of nitrogens with zero attached hydrogens (tertiary/aromatic N) is 4. The molecule has 38 heavy (non-hydrogen) atoms. The van der Waals surface area contributed by atoms with Gasteiger partial charge in [0.1, 0.15) is 35.4 Å². The molecule has 1 aromatic heterocycles. The van der Waals surface area contributed by atoms with E-state index in [9.17, 15) is 13.6 Å². The average molecular weight is 544 g/mol. The van der Waals surface area contributed by atoms with Crippen LogP contribution in [-0.4, -0.2) is 72.0 Å². The van der Waals surface area contributed by atoms with Crippen LogP contribution in [-0.2, 0) is 4.79 Å². The summed E-state index contributed by atoms with van der Waals surface area (Å²) in [6.45, 7) is 3.96. The number of anilines is 2. The Morgan fingerprint density at radius 1 is 1.16 bits per heavy atom. The van der Waals surface area contributed by atoms with Crippen molar-refractivity contribution in [2.24, 2.45) is 0 Å². The topological polar surface area (TPSA) is 79.8 Å². The summed E-state index contributed by atoms with van der Waals surface area (Å²) in [5, 5.41) is 2.83. The molecule has 3 aromatic rings. The van der Waals surface area contributed by atoms with Crippen molar-refractivity contribution in [3.8, 4) is 11.5 Å². The van der Waals surface area contributed by atoms with Crippen molar-refractivity contribution in [2.75, 3.05) is 45.2 Å². The quantitative estimate of drug-likeness (QED) is 0.231. The molecule has 0 amide bonds. The van der Waals surface area contributed by atoms with E-state index < -0.39 is 16.7 Å². The Kier molecular flexibility index (Phi) is 7.90. The number of halogens is 3. The monoisotopic (exact) mass is 543 g/mol. The van der Waals surface area contributed by atoms with Crippen molar-refractivity contribution in [2.45, 2.75) is 25.4 Å². The number of nitrogens with one attached hydrogen (secondary N) is 1. The summed E-state index contributed by atoms with van der Waals surface area (Å²) < 4.78 is 39.8. The number of hydrogen-bond acceptors (Lipinski definition) is 8. The Morgan fingerprint density at radius 2 is 1.95 bits per heavy atom. The molecule has 0 bridgehead atoms. The van der Waals surface area contributed by atoms with Crippen molar-refractivity contribution in [1.82, 2.24) is 19.8 Å². The summed E-state index contributed by atoms with van der Waals surface area (Å²) in [5.74, 6) is -0.491. The molecule has 2 fully saturated rings. The second-order valence-corrected chi connectivity index (χ2v) is 9.82. The van der Waals surface area contributed by atoms with Gasteiger partial charge in [-0.1, -0.05) is 18.0 Å². The fourth-order valence-corrected chi connectivity index (χ4v) is 4.88. The molecule has 8 nitrogen and oxygen atoms in total. The van der Waals surface area contributed by atoms with Crippen molar-refractivity contribution in [1.29, 1.82) is 0 Å². The predicted molar refractivity (Wildman–Crippen MR) is 141 cm³/mol. The highest BCUT2D eigenvalue weighted by atomic mass is 35.5. The molecule has 0 atom stereocenters. The minimum Gasteiger partial charge on any atom is -0.493 e. The Bertz CT molecular complexity index is 1360. The summed E-state index contributed by atoms with van der Waals surface area (Å²) in [6, 6.07) is 5.77. The van der Waals surface area contributed by atoms with Gasteiger partial charge in [-0.05, 0) is 44.1 Å². The van der Waals surface area contributed by atoms with Gasteiger partial charge < -0.3 is 19.7 Å². The number of carbonyl (C=O) groups excluding carboxylic acids is 1. The van der Waals surface area contributed by atoms with Crippen LogP contribution in [0.25, 0.3) is 10.9 Å². The number of fused-ring (bicyclic) bond motifs is 1. The van der Waals surface area contributed by atoms with Crippen molar-refractivity contribution in [3.05, 3.63) is 59.0 Å². The first kappa shape index (κ1) is 26.1. The Labute approximate surface area is 224 Å². The molecule has 2 aliphatic rings. The lowest BCUT2D eigenvalue weighted by atomic mass is 10.1. The highest BCUT2D eigenvalue weighted by molar-refractivity contribution is 6.31. The first-order valence-electron chi connectivity index (χ1n) is 12.5. The van der Waals surface area contributed by atoms with E-state index in [1.54, 1.807) is 12.1 Å². The smallest absolute Gasteiger partial charge is 0.168 e. The molecule has 2 aromatic carbocycles. The van der Waals surface area contributed by atoms with Gasteiger partial charge in [-0.2, -0.15) is 0 Å². The molecule has 5 rings (SSSR count). The highest BCUT2D eigenvalue weighted by Crippen LogP contribution is 2.37. The summed E-state index contributed by atoms with van der Waals surface area (Å²) in [7, 11) is 1.54. The van der Waals surface area contributed by atoms with E-state index in [-0.39, 0.29) is 11.8 Å². The van der Waals surface area contributed by atoms with Gasteiger partial charge in [0.15, 0.2) is 17.3 Å². The van der Waals surface area contributed by atoms with Gasteiger partial charge in [0.2, 0.25) is 0 Å². The van der Waals surface area contributed by atoms with Gasteiger partial charge >= 0.3 is 0 Å². The molecular formula is C27H28ClF2N5O3. The van der Waals surface area contributed by atoms with E-state index in [0.717, 1.165) is 31.0 Å². The number of rotatable bonds is 9. The lowest BCUT2D eigenvalue weighted by Gasteiger charge is -2.39. The zero-order valence-corrected chi connectivity index (χ0v) is 21.7. The third kappa shape index (κ3) is 5.66. The largest absolute Gasteiger partial charge is 0.493 e. The van der Waals surface area contributed by atoms with Crippen LogP contribution >= 0.6 is 11.6 Å². The van der Waals surface area contributed by atoms with Gasteiger partial charge in [-0.3, -0.25) is 9.69 Å². The summed E-state index contributed by atoms with van der Waals surface area (Å²) in [6.07, 6.45) is 7.66. The minimum atomic E-state index is -0.916. The number of methoxy groups -OCH3 is 1. The number of hydrogen-bond donors (Lipinski definition) is 1. The second-order valence-electron chi connectivity index (χ2n) is 9.44. The van der Waals surface area contributed by atoms with Crippen LogP contribution < -0.4 is 14.8 Å². The van der Waals surface area contributed by atoms with Gasteiger partial charge in [0.05, 0.1) is 31.4 Å². The zero-order chi connectivity index (χ0) is 26.6. The van der Waals surface area contributed by atoms with E-state index in [2.05, 4.69) is 25.1 Å². The fourth-order valence-electron chi connectivity index (χ4n) is 4.71. The number of piperidine rings is 1. The average Bonchev–Trinajstić information content (AvgIpc) is 2.92. The summed E-state index contributed by atoms with van der Waals surface area (Å²) in [5.41, 5.74) is 1.29. The van der Waals surface area contributed by atoms with Crippen molar-refractivity contribution < 1.29 is 23.0 Å². The van der Waals surface area contributed by atoms with Gasteiger partial charge in [-0.25, -0.2) is 18.7 Å². The van der Waals surface area contributed by atoms with Crippen LogP contribution in [0.15, 0.2) is 42.4 Å². The molecule has 3 heterocycles. The number of carbonyl (C=O) groups is 1. The third-order valence-electron chi connectivity index (χ3n) is 6.73. The summed E-state index contributed by atoms with van der Waals surface area (Å²) in [4.78, 5) is 24.5. The molecule has 2 aliphatic heterocycles. The van der Waals surface area contributed by atoms with Crippen LogP contribution in [0.2, 0.25) is 5.02 Å². The van der Waals surface area contributed by atoms with Crippen LogP contribution in [0.1, 0.15) is 19.3 Å². The second kappa shape index (κ2) is 11.5. The van der Waals surface area contributed by atoms with Crippen LogP contribution in [0, 0.1) is 11.6 Å². The highest BCUT2D eigenvalue weighted by Gasteiger charge is 2.28. The molecule has 2 saturated heterocycles. The lowest BCUT2D eigenvalue weighted by molar-refractivity contribution is -0.105. The normalized spacial score (nSPS) is 16.8. The molecule has 0 saturated carbocycles. The predicted octanol–water partition coefficient (Wildman–Crippen LogP) is 4.95. The van der Waals surface area contributed by atoms with Gasteiger partial charge in [0.25, 0.3) is 0 Å². The van der Waals surface area contributed by atoms with E-state index in [1.807, 2.05) is 6.20 Å². The molecule has 0 unspecified atom stereocenters. The van der Waals surface area contributed by atoms with Crippen LogP contribution in [0.5, 0.6) is 11.5 Å². The van der Waals surface area contributed by atoms with E-state index >= 15 is 0 Å². The summed E-state index contributed by atoms with van der Waals surface area (Å²) >= 11 is 5.72. The molecular weight excluding hydrogens is 516 g/mol.